The molecule has 2 fully saturated rings. The summed E-state index contributed by atoms with van der Waals surface area (Å²) in [5.41, 5.74) is 0.0792. The van der Waals surface area contributed by atoms with Gasteiger partial charge >= 0.3 is 0 Å². The molecule has 106 valence electrons. The number of sulfonamides is 1. The zero-order chi connectivity index (χ0) is 13.2. The molecule has 2 heterocycles. The molecule has 2 rings (SSSR count). The molecule has 5 nitrogen and oxygen atoms in total. The monoisotopic (exact) mass is 276 g/mol. The molecule has 0 radical (unpaired) electrons. The Morgan fingerprint density at radius 2 is 2.06 bits per heavy atom. The first-order valence-electron chi connectivity index (χ1n) is 6.74. The van der Waals surface area contributed by atoms with Crippen molar-refractivity contribution in [2.24, 2.45) is 0 Å². The number of ether oxygens (including phenoxy) is 1. The zero-order valence-corrected chi connectivity index (χ0v) is 12.1. The highest BCUT2D eigenvalue weighted by Crippen LogP contribution is 2.24. The molecular formula is C12H24N2O3S. The van der Waals surface area contributed by atoms with Gasteiger partial charge < -0.3 is 10.1 Å². The van der Waals surface area contributed by atoms with E-state index < -0.39 is 10.0 Å². The van der Waals surface area contributed by atoms with Gasteiger partial charge in [-0.1, -0.05) is 0 Å². The van der Waals surface area contributed by atoms with Crippen LogP contribution in [0.5, 0.6) is 0 Å². The fourth-order valence-corrected chi connectivity index (χ4v) is 4.31. The Labute approximate surface area is 110 Å². The lowest BCUT2D eigenvalue weighted by Crippen LogP contribution is -2.52. The summed E-state index contributed by atoms with van der Waals surface area (Å²) in [4.78, 5) is 0. The molecule has 0 aromatic heterocycles. The molecule has 2 saturated heterocycles. The predicted octanol–water partition coefficient (Wildman–Crippen LogP) is 0.569. The summed E-state index contributed by atoms with van der Waals surface area (Å²) in [6.07, 6.45) is 3.51. The topological polar surface area (TPSA) is 58.6 Å². The fourth-order valence-electron chi connectivity index (χ4n) is 2.62. The third-order valence-corrected chi connectivity index (χ3v) is 6.19. The van der Waals surface area contributed by atoms with E-state index in [9.17, 15) is 8.42 Å². The van der Waals surface area contributed by atoms with Crippen LogP contribution in [0.1, 0.15) is 32.6 Å². The lowest BCUT2D eigenvalue weighted by atomic mass is 9.91. The SMILES string of the molecule is CNC1(C)CCN(S(=O)(=O)CC2CCCO2)CC1. The molecule has 1 N–H and O–H groups in total. The highest BCUT2D eigenvalue weighted by Gasteiger charge is 2.35. The highest BCUT2D eigenvalue weighted by atomic mass is 32.2. The average Bonchev–Trinajstić information content (AvgIpc) is 2.82. The first-order valence-corrected chi connectivity index (χ1v) is 8.34. The normalized spacial score (nSPS) is 29.6. The molecule has 18 heavy (non-hydrogen) atoms. The molecule has 0 aromatic carbocycles. The second-order valence-electron chi connectivity index (χ2n) is 5.62. The van der Waals surface area contributed by atoms with Crippen LogP contribution in [-0.4, -0.2) is 56.9 Å². The maximum absolute atomic E-state index is 12.3. The summed E-state index contributed by atoms with van der Waals surface area (Å²) in [5.74, 6) is 0.156. The van der Waals surface area contributed by atoms with E-state index in [0.29, 0.717) is 19.7 Å². The molecule has 1 atom stereocenters. The average molecular weight is 276 g/mol. The zero-order valence-electron chi connectivity index (χ0n) is 11.3. The van der Waals surface area contributed by atoms with Crippen molar-refractivity contribution in [3.8, 4) is 0 Å². The Morgan fingerprint density at radius 3 is 2.56 bits per heavy atom. The van der Waals surface area contributed by atoms with Gasteiger partial charge in [0, 0.05) is 25.2 Å². The minimum atomic E-state index is -3.14. The molecule has 0 bridgehead atoms. The van der Waals surface area contributed by atoms with Gasteiger partial charge in [0.1, 0.15) is 0 Å². The number of hydrogen-bond acceptors (Lipinski definition) is 4. The Morgan fingerprint density at radius 1 is 1.39 bits per heavy atom. The van der Waals surface area contributed by atoms with Crippen molar-refractivity contribution in [2.45, 2.75) is 44.2 Å². The van der Waals surface area contributed by atoms with E-state index in [1.54, 1.807) is 4.31 Å². The number of hydrogen-bond donors (Lipinski definition) is 1. The van der Waals surface area contributed by atoms with Crippen LogP contribution in [0.15, 0.2) is 0 Å². The standard InChI is InChI=1S/C12H24N2O3S/c1-12(13-2)5-7-14(8-6-12)18(15,16)10-11-4-3-9-17-11/h11,13H,3-10H2,1-2H3. The van der Waals surface area contributed by atoms with E-state index in [4.69, 9.17) is 4.74 Å². The first-order chi connectivity index (χ1) is 8.45. The maximum atomic E-state index is 12.3. The van der Waals surface area contributed by atoms with E-state index in [1.807, 2.05) is 7.05 Å². The van der Waals surface area contributed by atoms with Crippen molar-refractivity contribution in [1.82, 2.24) is 9.62 Å². The molecule has 1 unspecified atom stereocenters. The van der Waals surface area contributed by atoms with Crippen LogP contribution in [0, 0.1) is 0 Å². The van der Waals surface area contributed by atoms with E-state index in [0.717, 1.165) is 25.7 Å². The minimum Gasteiger partial charge on any atom is -0.377 e. The lowest BCUT2D eigenvalue weighted by Gasteiger charge is -2.38. The van der Waals surface area contributed by atoms with E-state index in [-0.39, 0.29) is 17.4 Å². The quantitative estimate of drug-likeness (QED) is 0.815. The summed E-state index contributed by atoms with van der Waals surface area (Å²) in [7, 11) is -1.20. The first kappa shape index (κ1) is 14.2. The van der Waals surface area contributed by atoms with Crippen molar-refractivity contribution < 1.29 is 13.2 Å². The van der Waals surface area contributed by atoms with Crippen LogP contribution in [0.25, 0.3) is 0 Å². The highest BCUT2D eigenvalue weighted by molar-refractivity contribution is 7.89. The Kier molecular flexibility index (Phi) is 4.31. The number of piperidine rings is 1. The molecular weight excluding hydrogens is 252 g/mol. The van der Waals surface area contributed by atoms with Gasteiger partial charge in [-0.15, -0.1) is 0 Å². The molecule has 0 aromatic rings. The van der Waals surface area contributed by atoms with Crippen LogP contribution >= 0.6 is 0 Å². The van der Waals surface area contributed by atoms with Gasteiger partial charge in [0.25, 0.3) is 0 Å². The van der Waals surface area contributed by atoms with Crippen LogP contribution in [0.3, 0.4) is 0 Å². The van der Waals surface area contributed by atoms with Gasteiger partial charge in [0.05, 0.1) is 11.9 Å². The van der Waals surface area contributed by atoms with Gasteiger partial charge in [0.2, 0.25) is 10.0 Å². The molecule has 0 saturated carbocycles. The lowest BCUT2D eigenvalue weighted by molar-refractivity contribution is 0.125. The fraction of sp³-hybridized carbons (Fsp3) is 1.00. The van der Waals surface area contributed by atoms with Crippen LogP contribution in [0.2, 0.25) is 0 Å². The van der Waals surface area contributed by atoms with Crippen molar-refractivity contribution >= 4 is 10.0 Å². The Bertz CT molecular complexity index is 369. The van der Waals surface area contributed by atoms with E-state index >= 15 is 0 Å². The summed E-state index contributed by atoms with van der Waals surface area (Å²) in [5, 5.41) is 3.28. The molecule has 0 spiro atoms. The van der Waals surface area contributed by atoms with Crippen LogP contribution in [0.4, 0.5) is 0 Å². The molecule has 2 aliphatic heterocycles. The van der Waals surface area contributed by atoms with Crippen LogP contribution < -0.4 is 5.32 Å². The van der Waals surface area contributed by atoms with Crippen LogP contribution in [-0.2, 0) is 14.8 Å². The van der Waals surface area contributed by atoms with Crippen molar-refractivity contribution in [1.29, 1.82) is 0 Å². The van der Waals surface area contributed by atoms with Crippen molar-refractivity contribution in [3.05, 3.63) is 0 Å². The Hall–Kier alpha value is -0.170. The summed E-state index contributed by atoms with van der Waals surface area (Å²) < 4.78 is 31.6. The summed E-state index contributed by atoms with van der Waals surface area (Å²) in [6, 6.07) is 0. The smallest absolute Gasteiger partial charge is 0.216 e. The van der Waals surface area contributed by atoms with E-state index in [1.165, 1.54) is 0 Å². The number of rotatable bonds is 4. The molecule has 6 heteroatoms. The number of nitrogens with zero attached hydrogens (tertiary/aromatic N) is 1. The van der Waals surface area contributed by atoms with Gasteiger partial charge in [-0.3, -0.25) is 0 Å². The summed E-state index contributed by atoms with van der Waals surface area (Å²) in [6.45, 7) is 4.09. The second kappa shape index (κ2) is 5.45. The van der Waals surface area contributed by atoms with Gasteiger partial charge in [0.15, 0.2) is 0 Å². The van der Waals surface area contributed by atoms with Crippen molar-refractivity contribution in [2.75, 3.05) is 32.5 Å². The molecule has 0 aliphatic carbocycles. The van der Waals surface area contributed by atoms with Gasteiger partial charge in [-0.05, 0) is 39.7 Å². The largest absolute Gasteiger partial charge is 0.377 e. The molecule has 2 aliphatic rings. The predicted molar refractivity (Wildman–Crippen MR) is 71.0 cm³/mol. The minimum absolute atomic E-state index is 0.0792. The van der Waals surface area contributed by atoms with Gasteiger partial charge in [-0.2, -0.15) is 0 Å². The van der Waals surface area contributed by atoms with E-state index in [2.05, 4.69) is 12.2 Å². The summed E-state index contributed by atoms with van der Waals surface area (Å²) >= 11 is 0. The maximum Gasteiger partial charge on any atom is 0.216 e. The van der Waals surface area contributed by atoms with Crippen molar-refractivity contribution in [3.63, 3.8) is 0 Å². The second-order valence-corrected chi connectivity index (χ2v) is 7.64. The van der Waals surface area contributed by atoms with Gasteiger partial charge in [-0.25, -0.2) is 12.7 Å². The number of nitrogens with one attached hydrogen (secondary N) is 1. The third kappa shape index (κ3) is 3.23. The Balaban J connectivity index is 1.91. The third-order valence-electron chi connectivity index (χ3n) is 4.24. The molecule has 0 amide bonds.